The minimum Gasteiger partial charge on any atom is -0.378 e. The van der Waals surface area contributed by atoms with Gasteiger partial charge in [0.25, 0.3) is 5.69 Å². The SMILES string of the molecule is CS(=O)(=O)c1ccc(NCCN=C(N)N2CCCCC2)c([N+](=O)[O-])c1. The molecule has 25 heavy (non-hydrogen) atoms. The van der Waals surface area contributed by atoms with Crippen LogP contribution in [-0.2, 0) is 9.84 Å². The number of hydrogen-bond donors (Lipinski definition) is 2. The Kier molecular flexibility index (Phi) is 6.18. The van der Waals surface area contributed by atoms with E-state index in [1.165, 1.54) is 18.6 Å². The molecule has 138 valence electrons. The van der Waals surface area contributed by atoms with Crippen molar-refractivity contribution in [3.05, 3.63) is 28.3 Å². The lowest BCUT2D eigenvalue weighted by Gasteiger charge is -2.27. The van der Waals surface area contributed by atoms with Gasteiger partial charge in [-0.25, -0.2) is 8.42 Å². The first-order chi connectivity index (χ1) is 11.8. The third kappa shape index (κ3) is 5.31. The van der Waals surface area contributed by atoms with E-state index in [4.69, 9.17) is 5.73 Å². The van der Waals surface area contributed by atoms with Crippen LogP contribution in [0.5, 0.6) is 0 Å². The summed E-state index contributed by atoms with van der Waals surface area (Å²) in [5, 5.41) is 14.1. The summed E-state index contributed by atoms with van der Waals surface area (Å²) in [6.45, 7) is 2.53. The molecule has 3 N–H and O–H groups in total. The Labute approximate surface area is 147 Å². The third-order valence-corrected chi connectivity index (χ3v) is 5.09. The van der Waals surface area contributed by atoms with Crippen molar-refractivity contribution in [3.8, 4) is 0 Å². The van der Waals surface area contributed by atoms with Crippen molar-refractivity contribution in [1.82, 2.24) is 4.90 Å². The molecule has 0 spiro atoms. The van der Waals surface area contributed by atoms with Gasteiger partial charge >= 0.3 is 0 Å². The van der Waals surface area contributed by atoms with Crippen molar-refractivity contribution >= 4 is 27.2 Å². The van der Waals surface area contributed by atoms with Crippen LogP contribution in [0, 0.1) is 10.1 Å². The topological polar surface area (TPSA) is 131 Å². The minimum atomic E-state index is -3.50. The van der Waals surface area contributed by atoms with Crippen LogP contribution in [0.4, 0.5) is 11.4 Å². The fraction of sp³-hybridized carbons (Fsp3) is 0.533. The van der Waals surface area contributed by atoms with E-state index < -0.39 is 14.8 Å². The summed E-state index contributed by atoms with van der Waals surface area (Å²) in [6, 6.07) is 3.80. The van der Waals surface area contributed by atoms with E-state index >= 15 is 0 Å². The number of nitro groups is 1. The van der Waals surface area contributed by atoms with Crippen LogP contribution in [0.25, 0.3) is 0 Å². The Hall–Kier alpha value is -2.36. The number of aliphatic imine (C=N–C) groups is 1. The van der Waals surface area contributed by atoms with Crippen molar-refractivity contribution in [1.29, 1.82) is 0 Å². The fourth-order valence-corrected chi connectivity index (χ4v) is 3.27. The summed E-state index contributed by atoms with van der Waals surface area (Å²) in [7, 11) is -3.50. The lowest BCUT2D eigenvalue weighted by molar-refractivity contribution is -0.384. The average Bonchev–Trinajstić information content (AvgIpc) is 2.58. The molecule has 1 aromatic carbocycles. The van der Waals surface area contributed by atoms with Gasteiger partial charge in [0.1, 0.15) is 5.69 Å². The van der Waals surface area contributed by atoms with Gasteiger partial charge in [-0.3, -0.25) is 15.1 Å². The number of anilines is 1. The lowest BCUT2D eigenvalue weighted by Crippen LogP contribution is -2.41. The van der Waals surface area contributed by atoms with Crippen molar-refractivity contribution in [2.24, 2.45) is 10.7 Å². The predicted octanol–water partition coefficient (Wildman–Crippen LogP) is 1.21. The zero-order valence-corrected chi connectivity index (χ0v) is 15.0. The van der Waals surface area contributed by atoms with Gasteiger partial charge < -0.3 is 16.0 Å². The molecule has 0 saturated carbocycles. The van der Waals surface area contributed by atoms with Crippen molar-refractivity contribution in [3.63, 3.8) is 0 Å². The number of sulfone groups is 1. The predicted molar refractivity (Wildman–Crippen MR) is 96.6 cm³/mol. The molecule has 0 bridgehead atoms. The van der Waals surface area contributed by atoms with Gasteiger partial charge in [-0.2, -0.15) is 0 Å². The summed E-state index contributed by atoms with van der Waals surface area (Å²) < 4.78 is 23.1. The molecule has 1 aromatic rings. The number of likely N-dealkylation sites (tertiary alicyclic amines) is 1. The Bertz CT molecular complexity index is 757. The molecule has 0 atom stereocenters. The maximum atomic E-state index is 11.5. The van der Waals surface area contributed by atoms with Gasteiger partial charge in [0, 0.05) is 32.0 Å². The van der Waals surface area contributed by atoms with Gasteiger partial charge in [0.2, 0.25) is 0 Å². The van der Waals surface area contributed by atoms with E-state index in [1.54, 1.807) is 0 Å². The molecular formula is C15H23N5O4S. The number of nitrogens with zero attached hydrogens (tertiary/aromatic N) is 3. The first-order valence-corrected chi connectivity index (χ1v) is 9.95. The van der Waals surface area contributed by atoms with E-state index in [0.717, 1.165) is 38.3 Å². The number of guanidine groups is 1. The molecule has 1 heterocycles. The largest absolute Gasteiger partial charge is 0.378 e. The molecule has 9 nitrogen and oxygen atoms in total. The number of nitrogens with two attached hydrogens (primary N) is 1. The summed E-state index contributed by atoms with van der Waals surface area (Å²) >= 11 is 0. The number of nitro benzene ring substituents is 1. The third-order valence-electron chi connectivity index (χ3n) is 3.98. The highest BCUT2D eigenvalue weighted by atomic mass is 32.2. The quantitative estimate of drug-likeness (QED) is 0.253. The van der Waals surface area contributed by atoms with E-state index in [0.29, 0.717) is 19.0 Å². The summed E-state index contributed by atoms with van der Waals surface area (Å²) in [4.78, 5) is 16.8. The highest BCUT2D eigenvalue weighted by Crippen LogP contribution is 2.27. The molecule has 0 aromatic heterocycles. The smallest absolute Gasteiger partial charge is 0.293 e. The molecule has 0 radical (unpaired) electrons. The van der Waals surface area contributed by atoms with Gasteiger partial charge in [-0.15, -0.1) is 0 Å². The number of hydrogen-bond acceptors (Lipinski definition) is 6. The van der Waals surface area contributed by atoms with Crippen LogP contribution in [0.15, 0.2) is 28.1 Å². The average molecular weight is 369 g/mol. The Balaban J connectivity index is 1.99. The summed E-state index contributed by atoms with van der Waals surface area (Å²) in [5.41, 5.74) is 5.92. The van der Waals surface area contributed by atoms with Crippen LogP contribution in [0.3, 0.4) is 0 Å². The van der Waals surface area contributed by atoms with Crippen molar-refractivity contribution < 1.29 is 13.3 Å². The molecule has 1 aliphatic rings. The first kappa shape index (κ1) is 19.0. The van der Waals surface area contributed by atoms with Crippen molar-refractivity contribution in [2.45, 2.75) is 24.2 Å². The molecule has 0 unspecified atom stereocenters. The molecule has 1 fully saturated rings. The molecule has 10 heteroatoms. The second-order valence-corrected chi connectivity index (χ2v) is 7.94. The Morgan fingerprint density at radius 2 is 2.04 bits per heavy atom. The molecule has 1 saturated heterocycles. The monoisotopic (exact) mass is 369 g/mol. The zero-order valence-electron chi connectivity index (χ0n) is 14.1. The standard InChI is InChI=1S/C15H23N5O4S/c1-25(23,24)12-5-6-13(14(11-12)20(21)22)17-7-8-18-15(16)19-9-3-2-4-10-19/h5-6,11,17H,2-4,7-10H2,1H3,(H2,16,18). The number of rotatable bonds is 6. The molecule has 1 aliphatic heterocycles. The number of nitrogens with one attached hydrogen (secondary N) is 1. The Morgan fingerprint density at radius 3 is 2.64 bits per heavy atom. The minimum absolute atomic E-state index is 0.0860. The normalized spacial score (nSPS) is 15.9. The number of piperidine rings is 1. The maximum absolute atomic E-state index is 11.5. The maximum Gasteiger partial charge on any atom is 0.293 e. The Morgan fingerprint density at radius 1 is 1.36 bits per heavy atom. The van der Waals surface area contributed by atoms with Crippen LogP contribution >= 0.6 is 0 Å². The van der Waals surface area contributed by atoms with E-state index in [1.807, 2.05) is 4.90 Å². The van der Waals surface area contributed by atoms with Gasteiger partial charge in [-0.05, 0) is 31.4 Å². The first-order valence-electron chi connectivity index (χ1n) is 8.06. The van der Waals surface area contributed by atoms with Crippen LogP contribution in [-0.4, -0.2) is 56.6 Å². The summed E-state index contributed by atoms with van der Waals surface area (Å²) in [6.07, 6.45) is 4.43. The second kappa shape index (κ2) is 8.15. The zero-order chi connectivity index (χ0) is 18.4. The van der Waals surface area contributed by atoms with Gasteiger partial charge in [0.05, 0.1) is 16.4 Å². The molecule has 2 rings (SSSR count). The van der Waals surface area contributed by atoms with E-state index in [2.05, 4.69) is 10.3 Å². The highest BCUT2D eigenvalue weighted by Gasteiger charge is 2.18. The van der Waals surface area contributed by atoms with Gasteiger partial charge in [-0.1, -0.05) is 0 Å². The molecule has 0 aliphatic carbocycles. The van der Waals surface area contributed by atoms with Crippen molar-refractivity contribution in [2.75, 3.05) is 37.8 Å². The van der Waals surface area contributed by atoms with E-state index in [9.17, 15) is 18.5 Å². The van der Waals surface area contributed by atoms with E-state index in [-0.39, 0.29) is 16.3 Å². The highest BCUT2D eigenvalue weighted by molar-refractivity contribution is 7.90. The van der Waals surface area contributed by atoms with Crippen LogP contribution in [0.2, 0.25) is 0 Å². The molecule has 0 amide bonds. The fourth-order valence-electron chi connectivity index (χ4n) is 2.63. The number of benzene rings is 1. The lowest BCUT2D eigenvalue weighted by atomic mass is 10.1. The summed E-state index contributed by atoms with van der Waals surface area (Å²) in [5.74, 6) is 0.489. The van der Waals surface area contributed by atoms with Crippen LogP contribution < -0.4 is 11.1 Å². The second-order valence-electron chi connectivity index (χ2n) is 5.92. The molecular weight excluding hydrogens is 346 g/mol. The van der Waals surface area contributed by atoms with Crippen LogP contribution in [0.1, 0.15) is 19.3 Å². The van der Waals surface area contributed by atoms with Gasteiger partial charge in [0.15, 0.2) is 15.8 Å².